The molecule has 1 saturated heterocycles. The van der Waals surface area contributed by atoms with Gasteiger partial charge < -0.3 is 39.0 Å². The van der Waals surface area contributed by atoms with Crippen molar-refractivity contribution in [3.63, 3.8) is 0 Å². The van der Waals surface area contributed by atoms with Crippen LogP contribution in [-0.2, 0) is 42.9 Å². The van der Waals surface area contributed by atoms with Gasteiger partial charge in [0.15, 0.2) is 24.6 Å². The highest BCUT2D eigenvalue weighted by molar-refractivity contribution is 5.74. The number of ether oxygens (including phenoxy) is 5. The Labute approximate surface area is 470 Å². The van der Waals surface area contributed by atoms with Gasteiger partial charge in [-0.25, -0.2) is 4.79 Å². The number of hydrogen-bond acceptors (Lipinski definition) is 11. The number of carboxylic acid groups (broad SMARTS) is 1. The van der Waals surface area contributed by atoms with Gasteiger partial charge >= 0.3 is 23.9 Å². The largest absolute Gasteiger partial charge is 0.479 e. The van der Waals surface area contributed by atoms with E-state index >= 15 is 0 Å². The number of allylic oxidation sites excluding steroid dienone is 6. The second kappa shape index (κ2) is 53.6. The molecule has 77 heavy (non-hydrogen) atoms. The summed E-state index contributed by atoms with van der Waals surface area (Å²) in [6.45, 7) is 5.98. The number of carbonyl (C=O) groups is 4. The summed E-state index contributed by atoms with van der Waals surface area (Å²) in [5.74, 6) is -3.10. The summed E-state index contributed by atoms with van der Waals surface area (Å²) in [7, 11) is 0. The van der Waals surface area contributed by atoms with Crippen LogP contribution in [-0.4, -0.2) is 89.2 Å². The van der Waals surface area contributed by atoms with E-state index in [2.05, 4.69) is 57.2 Å². The third kappa shape index (κ3) is 43.4. The van der Waals surface area contributed by atoms with Gasteiger partial charge in [-0.05, 0) is 77.0 Å². The summed E-state index contributed by atoms with van der Waals surface area (Å²) in [4.78, 5) is 51.2. The van der Waals surface area contributed by atoms with Gasteiger partial charge in [0.25, 0.3) is 0 Å². The smallest absolute Gasteiger partial charge is 0.335 e. The first-order valence-electron chi connectivity index (χ1n) is 32.0. The van der Waals surface area contributed by atoms with E-state index in [1.807, 2.05) is 0 Å². The Balaban J connectivity index is 2.64. The minimum Gasteiger partial charge on any atom is -0.479 e. The number of carboxylic acids is 1. The van der Waals surface area contributed by atoms with E-state index in [0.29, 0.717) is 19.3 Å². The molecule has 1 aliphatic heterocycles. The molecular weight excluding hydrogens is 973 g/mol. The van der Waals surface area contributed by atoms with Gasteiger partial charge in [0, 0.05) is 19.3 Å². The average molecular weight is 1090 g/mol. The summed E-state index contributed by atoms with van der Waals surface area (Å²) in [5.41, 5.74) is 0. The fourth-order valence-corrected chi connectivity index (χ4v) is 9.75. The van der Waals surface area contributed by atoms with Gasteiger partial charge in [-0.2, -0.15) is 0 Å². The summed E-state index contributed by atoms with van der Waals surface area (Å²) < 4.78 is 28.5. The fraction of sp³-hybridized carbons (Fsp3) is 0.846. The second-order valence-corrected chi connectivity index (χ2v) is 22.0. The molecule has 6 atom stereocenters. The lowest BCUT2D eigenvalue weighted by Gasteiger charge is -2.40. The van der Waals surface area contributed by atoms with Crippen LogP contribution in [0.15, 0.2) is 36.5 Å². The number of carbonyl (C=O) groups excluding carboxylic acids is 3. The zero-order valence-electron chi connectivity index (χ0n) is 49.5. The van der Waals surface area contributed by atoms with Crippen molar-refractivity contribution < 1.29 is 58.2 Å². The highest BCUT2D eigenvalue weighted by Crippen LogP contribution is 2.27. The Morgan fingerprint density at radius 2 is 0.779 bits per heavy atom. The van der Waals surface area contributed by atoms with Crippen LogP contribution in [0.3, 0.4) is 0 Å². The van der Waals surface area contributed by atoms with Crippen molar-refractivity contribution in [1.82, 2.24) is 0 Å². The molecule has 12 heteroatoms. The normalized spacial score (nSPS) is 18.2. The average Bonchev–Trinajstić information content (AvgIpc) is 3.42. The molecule has 1 aliphatic rings. The Hall–Kier alpha value is -3.06. The van der Waals surface area contributed by atoms with E-state index in [-0.39, 0.29) is 25.9 Å². The van der Waals surface area contributed by atoms with Crippen molar-refractivity contribution in [1.29, 1.82) is 0 Å². The maximum absolute atomic E-state index is 13.2. The minimum atomic E-state index is -1.90. The van der Waals surface area contributed by atoms with Crippen molar-refractivity contribution in [2.45, 2.75) is 340 Å². The zero-order valence-corrected chi connectivity index (χ0v) is 49.5. The zero-order chi connectivity index (χ0) is 56.1. The highest BCUT2D eigenvalue weighted by Gasteiger charge is 2.50. The third-order valence-electron chi connectivity index (χ3n) is 14.7. The molecule has 12 nitrogen and oxygen atoms in total. The Bertz CT molecular complexity index is 1480. The van der Waals surface area contributed by atoms with Crippen LogP contribution in [0.1, 0.15) is 303 Å². The molecule has 1 heterocycles. The van der Waals surface area contributed by atoms with Crippen molar-refractivity contribution in [2.24, 2.45) is 0 Å². The molecule has 0 radical (unpaired) electrons. The molecule has 1 fully saturated rings. The summed E-state index contributed by atoms with van der Waals surface area (Å²) in [5, 5.41) is 31.5. The quantitative estimate of drug-likeness (QED) is 0.0228. The van der Waals surface area contributed by atoms with E-state index in [9.17, 15) is 34.5 Å². The van der Waals surface area contributed by atoms with Gasteiger partial charge in [-0.3, -0.25) is 14.4 Å². The molecule has 3 N–H and O–H groups in total. The number of hydrogen-bond donors (Lipinski definition) is 3. The molecule has 6 unspecified atom stereocenters. The molecule has 1 rings (SSSR count). The lowest BCUT2D eigenvalue weighted by molar-refractivity contribution is -0.301. The topological polar surface area (TPSA) is 175 Å². The van der Waals surface area contributed by atoms with E-state index in [1.165, 1.54) is 161 Å². The van der Waals surface area contributed by atoms with Crippen LogP contribution >= 0.6 is 0 Å². The number of unbranched alkanes of at least 4 members (excludes halogenated alkanes) is 35. The molecule has 0 aromatic heterocycles. The van der Waals surface area contributed by atoms with E-state index in [0.717, 1.165) is 83.5 Å². The molecule has 0 aliphatic carbocycles. The van der Waals surface area contributed by atoms with Crippen molar-refractivity contribution in [2.75, 3.05) is 13.2 Å². The van der Waals surface area contributed by atoms with Crippen molar-refractivity contribution in [3.05, 3.63) is 36.5 Å². The van der Waals surface area contributed by atoms with Crippen molar-refractivity contribution in [3.8, 4) is 0 Å². The molecule has 0 amide bonds. The molecule has 0 bridgehead atoms. The first kappa shape index (κ1) is 72.0. The minimum absolute atomic E-state index is 0.0639. The van der Waals surface area contributed by atoms with E-state index in [1.54, 1.807) is 0 Å². The summed E-state index contributed by atoms with van der Waals surface area (Å²) in [6, 6.07) is 0. The van der Waals surface area contributed by atoms with Gasteiger partial charge in [0.05, 0.1) is 6.61 Å². The standard InChI is InChI=1S/C65H116O12/c1-4-7-10-13-16-19-22-24-26-28-29-31-32-34-37-39-42-45-48-51-57(66)73-54-56(75-58(67)52-49-46-43-41-38-35-33-30-27-25-23-20-17-14-11-8-5-2)55-74-65-63(61(70)60(69)62(77-65)64(71)72)76-59(68)53-50-47-44-40-36-21-18-15-12-9-6-3/h17,20,24-27,56,60-63,65,69-70H,4-16,18-19,21-23,28-55H2,1-3H3,(H,71,72)/b20-17-,26-24-,27-25-. The highest BCUT2D eigenvalue weighted by atomic mass is 16.7. The van der Waals surface area contributed by atoms with Gasteiger partial charge in [0.2, 0.25) is 0 Å². The number of aliphatic hydroxyl groups is 2. The fourth-order valence-electron chi connectivity index (χ4n) is 9.75. The molecule has 0 saturated carbocycles. The number of aliphatic carboxylic acids is 1. The Morgan fingerprint density at radius 1 is 0.429 bits per heavy atom. The lowest BCUT2D eigenvalue weighted by atomic mass is 9.98. The van der Waals surface area contributed by atoms with Crippen LogP contribution in [0, 0.1) is 0 Å². The van der Waals surface area contributed by atoms with Gasteiger partial charge in [0.1, 0.15) is 18.8 Å². The third-order valence-corrected chi connectivity index (χ3v) is 14.7. The van der Waals surface area contributed by atoms with Gasteiger partial charge in [-0.1, -0.05) is 243 Å². The first-order chi connectivity index (χ1) is 37.6. The van der Waals surface area contributed by atoms with E-state index in [4.69, 9.17) is 23.7 Å². The maximum atomic E-state index is 13.2. The maximum Gasteiger partial charge on any atom is 0.335 e. The van der Waals surface area contributed by atoms with Crippen LogP contribution in [0.2, 0.25) is 0 Å². The number of aliphatic hydroxyl groups excluding tert-OH is 2. The molecule has 0 aromatic rings. The SMILES string of the molecule is CCCCC/C=C\C/C=C\CCCCCCCCCC(=O)OC(COC(=O)CCCCCCCCCCC/C=C\CCCCCCCC)COC1OC(C(=O)O)C(O)C(O)C1OC(=O)CCCCCCCCCCCCC. The van der Waals surface area contributed by atoms with E-state index < -0.39 is 67.3 Å². The predicted molar refractivity (Wildman–Crippen MR) is 313 cm³/mol. The first-order valence-corrected chi connectivity index (χ1v) is 32.0. The predicted octanol–water partition coefficient (Wildman–Crippen LogP) is 16.8. The molecule has 448 valence electrons. The van der Waals surface area contributed by atoms with Crippen LogP contribution in [0.25, 0.3) is 0 Å². The Morgan fingerprint density at radius 3 is 1.21 bits per heavy atom. The summed E-state index contributed by atoms with van der Waals surface area (Å²) in [6.07, 6.45) is 51.1. The van der Waals surface area contributed by atoms with Crippen LogP contribution in [0.5, 0.6) is 0 Å². The molecule has 0 spiro atoms. The Kier molecular flexibility index (Phi) is 50.1. The lowest BCUT2D eigenvalue weighted by Crippen LogP contribution is -2.61. The number of rotatable bonds is 55. The second-order valence-electron chi connectivity index (χ2n) is 22.0. The molecular formula is C65H116O12. The monoisotopic (exact) mass is 1090 g/mol. The summed E-state index contributed by atoms with van der Waals surface area (Å²) >= 11 is 0. The van der Waals surface area contributed by atoms with Gasteiger partial charge in [-0.15, -0.1) is 0 Å². The van der Waals surface area contributed by atoms with Crippen LogP contribution in [0.4, 0.5) is 0 Å². The van der Waals surface area contributed by atoms with Crippen molar-refractivity contribution >= 4 is 23.9 Å². The number of esters is 3. The van der Waals surface area contributed by atoms with Crippen LogP contribution < -0.4 is 0 Å². The molecule has 0 aromatic carbocycles.